The van der Waals surface area contributed by atoms with Crippen LogP contribution in [0.15, 0.2) is 0 Å². The zero-order valence-corrected chi connectivity index (χ0v) is 20.7. The maximum absolute atomic E-state index is 9.89. The van der Waals surface area contributed by atoms with Crippen molar-refractivity contribution in [1.29, 1.82) is 5.26 Å². The lowest BCUT2D eigenvalue weighted by atomic mass is 10.2. The van der Waals surface area contributed by atoms with Crippen molar-refractivity contribution in [2.75, 3.05) is 24.8 Å². The van der Waals surface area contributed by atoms with E-state index in [0.29, 0.717) is 47.8 Å². The monoisotopic (exact) mass is 461 g/mol. The predicted molar refractivity (Wildman–Crippen MR) is 128 cm³/mol. The summed E-state index contributed by atoms with van der Waals surface area (Å²) in [4.78, 5) is 8.84. The zero-order valence-electron chi connectivity index (χ0n) is 18.9. The number of alkyl halides is 1. The van der Waals surface area contributed by atoms with E-state index in [1.807, 2.05) is 0 Å². The van der Waals surface area contributed by atoms with E-state index in [4.69, 9.17) is 26.8 Å². The number of hydrogen-bond acceptors (Lipinski definition) is 6. The van der Waals surface area contributed by atoms with Crippen LogP contribution in [0.4, 0.5) is 5.82 Å². The number of nitrogens with zero attached hydrogens (tertiary/aromatic N) is 4. The van der Waals surface area contributed by atoms with Crippen LogP contribution in [0, 0.1) is 23.2 Å². The second-order valence-corrected chi connectivity index (χ2v) is 14.5. The molecule has 2 aromatic rings. The van der Waals surface area contributed by atoms with E-state index < -0.39 is 8.07 Å². The van der Waals surface area contributed by atoms with Gasteiger partial charge in [0.25, 0.3) is 0 Å². The lowest BCUT2D eigenvalue weighted by Crippen LogP contribution is -2.22. The molecular weight excluding hydrogens is 430 g/mol. The Morgan fingerprint density at radius 1 is 1.19 bits per heavy atom. The van der Waals surface area contributed by atoms with Crippen molar-refractivity contribution >= 4 is 36.5 Å². The van der Waals surface area contributed by atoms with E-state index in [1.54, 1.807) is 4.57 Å². The Morgan fingerprint density at radius 3 is 2.61 bits per heavy atom. The summed E-state index contributed by atoms with van der Waals surface area (Å²) in [6.45, 7) is 10.3. The van der Waals surface area contributed by atoms with Crippen LogP contribution in [0.5, 0.6) is 6.01 Å². The molecule has 0 atom stereocenters. The van der Waals surface area contributed by atoms with Crippen molar-refractivity contribution in [2.24, 2.45) is 0 Å². The molecule has 0 aliphatic carbocycles. The number of nitriles is 1. The summed E-state index contributed by atoms with van der Waals surface area (Å²) in [6.07, 6.45) is 3.30. The van der Waals surface area contributed by atoms with Crippen molar-refractivity contribution in [2.45, 2.75) is 65.0 Å². The maximum atomic E-state index is 9.89. The number of nitrogens with two attached hydrogens (primary N) is 1. The Labute approximate surface area is 190 Å². The SMILES string of the molecule is CCCCOc1nc(N)c2c(n1)c(C#CCCCCl)c(C#N)n2COCC[Si](C)(C)C. The third-order valence-electron chi connectivity index (χ3n) is 4.60. The first-order valence-electron chi connectivity index (χ1n) is 10.7. The first-order chi connectivity index (χ1) is 14.8. The average Bonchev–Trinajstić information content (AvgIpc) is 3.01. The van der Waals surface area contributed by atoms with Gasteiger partial charge in [-0.15, -0.1) is 11.6 Å². The van der Waals surface area contributed by atoms with Crippen LogP contribution in [0.25, 0.3) is 11.0 Å². The van der Waals surface area contributed by atoms with E-state index in [2.05, 4.69) is 54.4 Å². The molecule has 0 aliphatic rings. The molecule has 7 nitrogen and oxygen atoms in total. The number of aromatic nitrogens is 3. The molecule has 2 aromatic heterocycles. The first kappa shape index (κ1) is 25.0. The highest BCUT2D eigenvalue weighted by Gasteiger charge is 2.22. The molecule has 0 amide bonds. The van der Waals surface area contributed by atoms with Crippen LogP contribution in [-0.2, 0) is 11.5 Å². The molecule has 0 radical (unpaired) electrons. The van der Waals surface area contributed by atoms with Crippen LogP contribution in [0.2, 0.25) is 25.7 Å². The molecule has 0 saturated carbocycles. The minimum Gasteiger partial charge on any atom is -0.463 e. The van der Waals surface area contributed by atoms with Gasteiger partial charge in [-0.2, -0.15) is 15.2 Å². The van der Waals surface area contributed by atoms with Gasteiger partial charge in [-0.3, -0.25) is 0 Å². The van der Waals surface area contributed by atoms with Gasteiger partial charge in [-0.05, 0) is 18.9 Å². The van der Waals surface area contributed by atoms with Gasteiger partial charge in [0.15, 0.2) is 5.82 Å². The fourth-order valence-corrected chi connectivity index (χ4v) is 3.72. The second-order valence-electron chi connectivity index (χ2n) is 8.50. The van der Waals surface area contributed by atoms with Gasteiger partial charge in [-0.25, -0.2) is 0 Å². The topological polar surface area (TPSA) is 99.0 Å². The standard InChI is InChI=1S/C22H32ClN5O2Si/c1-5-6-12-30-22-26-19-17(10-8-7-9-11-23)18(15-24)28(20(19)21(25)27-22)16-29-13-14-31(2,3)4/h5-7,9,11-14,16H2,1-4H3,(H2,25,26,27). The normalized spacial score (nSPS) is 11.2. The van der Waals surface area contributed by atoms with E-state index in [-0.39, 0.29) is 18.6 Å². The molecule has 2 rings (SSSR count). The number of ether oxygens (including phenoxy) is 2. The van der Waals surface area contributed by atoms with Crippen LogP contribution < -0.4 is 10.5 Å². The molecular formula is C22H32ClN5O2Si. The summed E-state index contributed by atoms with van der Waals surface area (Å²) < 4.78 is 13.3. The zero-order chi connectivity index (χ0) is 22.9. The van der Waals surface area contributed by atoms with Gasteiger partial charge in [0.1, 0.15) is 29.5 Å². The molecule has 0 aliphatic heterocycles. The van der Waals surface area contributed by atoms with E-state index >= 15 is 0 Å². The highest BCUT2D eigenvalue weighted by molar-refractivity contribution is 6.76. The number of halogens is 1. The van der Waals surface area contributed by atoms with Crippen molar-refractivity contribution in [1.82, 2.24) is 14.5 Å². The average molecular weight is 462 g/mol. The number of nitrogen functional groups attached to an aromatic ring is 1. The maximum Gasteiger partial charge on any atom is 0.319 e. The summed E-state index contributed by atoms with van der Waals surface area (Å²) in [6, 6.07) is 3.48. The van der Waals surface area contributed by atoms with Gasteiger partial charge < -0.3 is 19.8 Å². The molecule has 31 heavy (non-hydrogen) atoms. The van der Waals surface area contributed by atoms with Crippen LogP contribution in [0.3, 0.4) is 0 Å². The third kappa shape index (κ3) is 7.14. The Hall–Kier alpha value is -2.26. The highest BCUT2D eigenvalue weighted by atomic mass is 35.5. The summed E-state index contributed by atoms with van der Waals surface area (Å²) >= 11 is 5.75. The summed E-state index contributed by atoms with van der Waals surface area (Å²) in [5.74, 6) is 6.97. The fourth-order valence-electron chi connectivity index (χ4n) is 2.83. The molecule has 2 heterocycles. The lowest BCUT2D eigenvalue weighted by molar-refractivity contribution is 0.0897. The fraction of sp³-hybridized carbons (Fsp3) is 0.591. The first-order valence-corrected chi connectivity index (χ1v) is 14.9. The lowest BCUT2D eigenvalue weighted by Gasteiger charge is -2.16. The van der Waals surface area contributed by atoms with Crippen molar-refractivity contribution in [3.8, 4) is 23.9 Å². The third-order valence-corrected chi connectivity index (χ3v) is 6.58. The Kier molecular flexibility index (Phi) is 9.64. The minimum absolute atomic E-state index is 0.191. The predicted octanol–water partition coefficient (Wildman–Crippen LogP) is 4.75. The quantitative estimate of drug-likeness (QED) is 0.224. The van der Waals surface area contributed by atoms with Gasteiger partial charge >= 0.3 is 6.01 Å². The molecule has 0 aromatic carbocycles. The summed E-state index contributed by atoms with van der Waals surface area (Å²) in [5.41, 5.74) is 8.23. The number of rotatable bonds is 11. The molecule has 0 saturated heterocycles. The number of hydrogen-bond donors (Lipinski definition) is 1. The Balaban J connectivity index is 2.47. The number of anilines is 1. The van der Waals surface area contributed by atoms with Crippen molar-refractivity contribution in [3.63, 3.8) is 0 Å². The molecule has 2 N–H and O–H groups in total. The van der Waals surface area contributed by atoms with Crippen LogP contribution in [0.1, 0.15) is 43.9 Å². The largest absolute Gasteiger partial charge is 0.463 e. The van der Waals surface area contributed by atoms with Gasteiger partial charge in [0, 0.05) is 27.0 Å². The summed E-state index contributed by atoms with van der Waals surface area (Å²) in [5, 5.41) is 9.89. The van der Waals surface area contributed by atoms with E-state index in [0.717, 1.165) is 25.3 Å². The molecule has 0 spiro atoms. The second kappa shape index (κ2) is 11.9. The molecule has 168 valence electrons. The van der Waals surface area contributed by atoms with E-state index in [1.165, 1.54) is 0 Å². The molecule has 0 bridgehead atoms. The van der Waals surface area contributed by atoms with Crippen LogP contribution in [-0.4, -0.2) is 41.7 Å². The smallest absolute Gasteiger partial charge is 0.319 e. The Bertz CT molecular complexity index is 982. The van der Waals surface area contributed by atoms with Crippen LogP contribution >= 0.6 is 11.6 Å². The van der Waals surface area contributed by atoms with Gasteiger partial charge in [-0.1, -0.05) is 44.8 Å². The number of fused-ring (bicyclic) bond motifs is 1. The highest BCUT2D eigenvalue weighted by Crippen LogP contribution is 2.29. The van der Waals surface area contributed by atoms with E-state index in [9.17, 15) is 5.26 Å². The minimum atomic E-state index is -1.22. The summed E-state index contributed by atoms with van der Waals surface area (Å²) in [7, 11) is -1.22. The van der Waals surface area contributed by atoms with Gasteiger partial charge in [0.05, 0.1) is 12.2 Å². The molecule has 0 fully saturated rings. The van der Waals surface area contributed by atoms with Gasteiger partial charge in [0.2, 0.25) is 0 Å². The van der Waals surface area contributed by atoms with Crippen molar-refractivity contribution in [3.05, 3.63) is 11.3 Å². The van der Waals surface area contributed by atoms with Crippen molar-refractivity contribution < 1.29 is 9.47 Å². The molecule has 9 heteroatoms. The molecule has 0 unspecified atom stereocenters. The Morgan fingerprint density at radius 2 is 1.97 bits per heavy atom. The number of unbranched alkanes of at least 4 members (excludes halogenated alkanes) is 2.